The average molecular weight is 581 g/mol. The van der Waals surface area contributed by atoms with Crippen molar-refractivity contribution >= 4 is 44.5 Å². The number of hydrogen-bond donors (Lipinski definition) is 1. The van der Waals surface area contributed by atoms with Crippen molar-refractivity contribution in [2.24, 2.45) is 0 Å². The number of nitrogens with one attached hydrogen (secondary N) is 1. The van der Waals surface area contributed by atoms with Crippen LogP contribution in [0.15, 0.2) is 76.3 Å². The van der Waals surface area contributed by atoms with Crippen LogP contribution in [-0.4, -0.2) is 58.4 Å². The molecule has 0 atom stereocenters. The fraction of sp³-hybridized carbons (Fsp3) is 0.212. The summed E-state index contributed by atoms with van der Waals surface area (Å²) < 4.78 is 28.4. The Balaban J connectivity index is 1.66. The number of esters is 1. The predicted molar refractivity (Wildman–Crippen MR) is 162 cm³/mol. The zero-order valence-corrected chi connectivity index (χ0v) is 23.9. The third-order valence-corrected chi connectivity index (χ3v) is 7.33. The Labute approximate surface area is 245 Å². The van der Waals surface area contributed by atoms with Crippen molar-refractivity contribution in [2.75, 3.05) is 27.2 Å². The van der Waals surface area contributed by atoms with Crippen LogP contribution >= 0.6 is 0 Å². The number of aromatic nitrogens is 3. The molecule has 43 heavy (non-hydrogen) atoms. The molecule has 0 fully saturated rings. The van der Waals surface area contributed by atoms with Crippen LogP contribution in [0.25, 0.3) is 43.9 Å². The Kier molecular flexibility index (Phi) is 7.37. The third-order valence-electron chi connectivity index (χ3n) is 7.33. The molecule has 0 bridgehead atoms. The second-order valence-electron chi connectivity index (χ2n) is 10.6. The number of likely N-dealkylation sites (N-methyl/N-ethyl adjacent to an activating group) is 1. The highest BCUT2D eigenvalue weighted by atomic mass is 19.1. The van der Waals surface area contributed by atoms with E-state index in [0.717, 1.165) is 10.9 Å². The number of carbonyl (C=O) groups excluding carboxylic acids is 2. The Morgan fingerprint density at radius 3 is 2.67 bits per heavy atom. The number of fused-ring (bicyclic) bond motifs is 4. The van der Waals surface area contributed by atoms with Crippen LogP contribution in [-0.2, 0) is 22.5 Å². The number of aromatic amines is 1. The van der Waals surface area contributed by atoms with Crippen molar-refractivity contribution in [3.63, 3.8) is 0 Å². The number of furan rings is 1. The van der Waals surface area contributed by atoms with Crippen LogP contribution in [0, 0.1) is 5.82 Å². The van der Waals surface area contributed by atoms with E-state index in [9.17, 15) is 14.4 Å². The van der Waals surface area contributed by atoms with Gasteiger partial charge in [0.1, 0.15) is 17.1 Å². The van der Waals surface area contributed by atoms with Crippen molar-refractivity contribution in [3.05, 3.63) is 100 Å². The molecule has 0 amide bonds. The van der Waals surface area contributed by atoms with E-state index in [4.69, 9.17) is 14.1 Å². The molecule has 1 N–H and O–H groups in total. The van der Waals surface area contributed by atoms with E-state index in [1.165, 1.54) is 24.6 Å². The number of benzene rings is 2. The van der Waals surface area contributed by atoms with Crippen molar-refractivity contribution in [1.29, 1.82) is 0 Å². The van der Waals surface area contributed by atoms with E-state index < -0.39 is 17.3 Å². The number of pyridine rings is 2. The fourth-order valence-corrected chi connectivity index (χ4v) is 5.67. The third kappa shape index (κ3) is 5.10. The number of halogens is 1. The molecule has 0 unspecified atom stereocenters. The van der Waals surface area contributed by atoms with Crippen LogP contribution in [0.5, 0.6) is 0 Å². The van der Waals surface area contributed by atoms with E-state index in [1.807, 2.05) is 44.4 Å². The van der Waals surface area contributed by atoms with Gasteiger partial charge >= 0.3 is 5.97 Å². The maximum Gasteiger partial charge on any atom is 0.355 e. The number of Topliss-reactive ketones (excluding diaryl/α,β-unsaturated/α-hetero) is 1. The highest BCUT2D eigenvalue weighted by Gasteiger charge is 2.30. The van der Waals surface area contributed by atoms with Crippen molar-refractivity contribution in [2.45, 2.75) is 19.9 Å². The van der Waals surface area contributed by atoms with Crippen molar-refractivity contribution in [3.8, 4) is 11.1 Å². The summed E-state index contributed by atoms with van der Waals surface area (Å²) in [6.07, 6.45) is 3.00. The number of H-pyrrole nitrogens is 1. The quantitative estimate of drug-likeness (QED) is 0.230. The van der Waals surface area contributed by atoms with Crippen LogP contribution in [0.4, 0.5) is 4.39 Å². The molecule has 0 saturated carbocycles. The van der Waals surface area contributed by atoms with Crippen LogP contribution in [0.2, 0.25) is 0 Å². The highest BCUT2D eigenvalue weighted by molar-refractivity contribution is 6.17. The minimum atomic E-state index is -0.670. The molecule has 4 aromatic heterocycles. The summed E-state index contributed by atoms with van der Waals surface area (Å²) in [7, 11) is 3.66. The molecule has 0 saturated heterocycles. The number of carbonyl (C=O) groups is 2. The number of ketones is 1. The number of ether oxygens (including phenoxy) is 1. The lowest BCUT2D eigenvalue weighted by Crippen LogP contribution is -2.23. The molecule has 0 aliphatic heterocycles. The summed E-state index contributed by atoms with van der Waals surface area (Å²) in [6.45, 7) is 2.15. The molecule has 9 nitrogen and oxygen atoms in total. The molecule has 10 heteroatoms. The first-order valence-corrected chi connectivity index (χ1v) is 13.9. The maximum absolute atomic E-state index is 15.5. The summed E-state index contributed by atoms with van der Waals surface area (Å²) >= 11 is 0. The standard InChI is InChI=1S/C33H29FN4O5/c1-4-42-33(41)30-28(24-9-7-12-35-32(24)40)29-27(16-25(34)23-11-13-43-31(23)29)38(30)17-19-14-20(15-21(39)18-37(2)3)36-26-10-6-5-8-22(19)26/h5-14,16H,4,15,17-18H2,1-3H3,(H,35,40). The second-order valence-corrected chi connectivity index (χ2v) is 10.6. The molecule has 6 aromatic rings. The van der Waals surface area contributed by atoms with E-state index in [-0.39, 0.29) is 59.7 Å². The first kappa shape index (κ1) is 28.0. The number of hydrogen-bond acceptors (Lipinski definition) is 7. The first-order chi connectivity index (χ1) is 20.8. The van der Waals surface area contributed by atoms with Gasteiger partial charge in [-0.2, -0.15) is 0 Å². The van der Waals surface area contributed by atoms with Gasteiger partial charge in [0.15, 0.2) is 5.78 Å². The topological polar surface area (TPSA) is 110 Å². The summed E-state index contributed by atoms with van der Waals surface area (Å²) in [5.41, 5.74) is 2.75. The zero-order valence-electron chi connectivity index (χ0n) is 23.9. The highest BCUT2D eigenvalue weighted by Crippen LogP contribution is 2.41. The molecular weight excluding hydrogens is 551 g/mol. The molecule has 2 aromatic carbocycles. The van der Waals surface area contributed by atoms with Gasteiger partial charge in [0.05, 0.1) is 53.2 Å². The van der Waals surface area contributed by atoms with Crippen LogP contribution in [0.3, 0.4) is 0 Å². The number of nitrogens with zero attached hydrogens (tertiary/aromatic N) is 3. The van der Waals surface area contributed by atoms with Gasteiger partial charge in [-0.1, -0.05) is 18.2 Å². The first-order valence-electron chi connectivity index (χ1n) is 13.9. The summed E-state index contributed by atoms with van der Waals surface area (Å²) in [4.78, 5) is 48.8. The zero-order chi connectivity index (χ0) is 30.2. The van der Waals surface area contributed by atoms with Gasteiger partial charge in [0, 0.05) is 29.4 Å². The van der Waals surface area contributed by atoms with E-state index >= 15 is 4.39 Å². The van der Waals surface area contributed by atoms with Gasteiger partial charge in [-0.05, 0) is 63.0 Å². The lowest BCUT2D eigenvalue weighted by molar-refractivity contribution is -0.119. The normalized spacial score (nSPS) is 11.7. The lowest BCUT2D eigenvalue weighted by Gasteiger charge is -2.15. The van der Waals surface area contributed by atoms with E-state index in [2.05, 4.69) is 4.98 Å². The van der Waals surface area contributed by atoms with Crippen LogP contribution < -0.4 is 5.56 Å². The molecule has 0 aliphatic rings. The summed E-state index contributed by atoms with van der Waals surface area (Å²) in [6, 6.07) is 15.5. The van der Waals surface area contributed by atoms with Gasteiger partial charge in [0.2, 0.25) is 0 Å². The molecule has 218 valence electrons. The second kappa shape index (κ2) is 11.3. The smallest absolute Gasteiger partial charge is 0.355 e. The Morgan fingerprint density at radius 1 is 1.09 bits per heavy atom. The fourth-order valence-electron chi connectivity index (χ4n) is 5.67. The van der Waals surface area contributed by atoms with Gasteiger partial charge in [-0.25, -0.2) is 9.18 Å². The Morgan fingerprint density at radius 2 is 1.91 bits per heavy atom. The van der Waals surface area contributed by atoms with Gasteiger partial charge in [0.25, 0.3) is 5.56 Å². The van der Waals surface area contributed by atoms with E-state index in [1.54, 1.807) is 28.5 Å². The van der Waals surface area contributed by atoms with Gasteiger partial charge < -0.3 is 23.6 Å². The van der Waals surface area contributed by atoms with Crippen molar-refractivity contribution in [1.82, 2.24) is 19.4 Å². The van der Waals surface area contributed by atoms with Gasteiger partial charge in [-0.3, -0.25) is 14.6 Å². The monoisotopic (exact) mass is 580 g/mol. The number of rotatable bonds is 9. The van der Waals surface area contributed by atoms with Crippen molar-refractivity contribution < 1.29 is 23.1 Å². The number of para-hydroxylation sites is 1. The molecule has 6 rings (SSSR count). The summed E-state index contributed by atoms with van der Waals surface area (Å²) in [5, 5.41) is 1.45. The van der Waals surface area contributed by atoms with E-state index in [0.29, 0.717) is 22.1 Å². The molecular formula is C33H29FN4O5. The maximum atomic E-state index is 15.5. The predicted octanol–water partition coefficient (Wildman–Crippen LogP) is 5.33. The largest absolute Gasteiger partial charge is 0.463 e. The molecule has 4 heterocycles. The van der Waals surface area contributed by atoms with Gasteiger partial charge in [-0.15, -0.1) is 0 Å². The minimum Gasteiger partial charge on any atom is -0.463 e. The van der Waals surface area contributed by atoms with Crippen LogP contribution in [0.1, 0.15) is 28.7 Å². The molecule has 0 spiro atoms. The Hall–Kier alpha value is -5.09. The molecule has 0 aliphatic carbocycles. The average Bonchev–Trinajstić information content (AvgIpc) is 3.57. The lowest BCUT2D eigenvalue weighted by atomic mass is 10.0. The minimum absolute atomic E-state index is 0.00484. The molecule has 0 radical (unpaired) electrons. The SMILES string of the molecule is CCOC(=O)c1c(-c2ccc[nH]c2=O)c2c3occc3c(F)cc2n1Cc1cc(CC(=O)CN(C)C)nc2ccccc12. The summed E-state index contributed by atoms with van der Waals surface area (Å²) in [5.74, 6) is -1.20. The Bertz CT molecular complexity index is 2090.